The zero-order valence-electron chi connectivity index (χ0n) is 13.1. The van der Waals surface area contributed by atoms with Gasteiger partial charge in [-0.25, -0.2) is 4.79 Å². The number of piperidine rings is 1. The number of likely N-dealkylation sites (tertiary alicyclic amines) is 1. The minimum atomic E-state index is -0.401. The van der Waals surface area contributed by atoms with Crippen LogP contribution in [0.1, 0.15) is 19.8 Å². The number of urea groups is 1. The van der Waals surface area contributed by atoms with E-state index in [9.17, 15) is 9.90 Å². The minimum absolute atomic E-state index is 0.131. The van der Waals surface area contributed by atoms with Gasteiger partial charge in [0.2, 0.25) is 0 Å². The third kappa shape index (κ3) is 3.71. The van der Waals surface area contributed by atoms with Crippen LogP contribution >= 0.6 is 0 Å². The van der Waals surface area contributed by atoms with Crippen LogP contribution in [0.15, 0.2) is 40.9 Å². The molecule has 3 rings (SSSR count). The third-order valence-electron chi connectivity index (χ3n) is 4.23. The largest absolute Gasteiger partial charge is 0.393 e. The maximum absolute atomic E-state index is 12.3. The van der Waals surface area contributed by atoms with E-state index < -0.39 is 6.10 Å². The summed E-state index contributed by atoms with van der Waals surface area (Å²) in [5.74, 6) is 1.14. The van der Waals surface area contributed by atoms with Crippen molar-refractivity contribution in [1.29, 1.82) is 0 Å². The molecule has 2 unspecified atom stereocenters. The number of aromatic nitrogens is 1. The van der Waals surface area contributed by atoms with E-state index >= 15 is 0 Å². The first-order valence-electron chi connectivity index (χ1n) is 7.89. The second kappa shape index (κ2) is 6.83. The second-order valence-corrected chi connectivity index (χ2v) is 5.96. The molecule has 1 aliphatic heterocycles. The van der Waals surface area contributed by atoms with Crippen LogP contribution in [0.2, 0.25) is 0 Å². The van der Waals surface area contributed by atoms with E-state index in [1.54, 1.807) is 17.9 Å². The highest BCUT2D eigenvalue weighted by atomic mass is 16.5. The smallest absolute Gasteiger partial charge is 0.323 e. The Bertz CT molecular complexity index is 654. The number of aliphatic hydroxyl groups excluding tert-OH is 1. The van der Waals surface area contributed by atoms with Crippen molar-refractivity contribution in [1.82, 2.24) is 10.1 Å². The van der Waals surface area contributed by atoms with Gasteiger partial charge in [0.05, 0.1) is 6.10 Å². The molecule has 6 nitrogen and oxygen atoms in total. The SMILES string of the molecule is CC(O)C1CCCN(C(=O)Nc2cc(-c3ccccc3)on2)C1. The molecule has 0 aliphatic carbocycles. The van der Waals surface area contributed by atoms with Gasteiger partial charge in [-0.1, -0.05) is 35.5 Å². The van der Waals surface area contributed by atoms with Gasteiger partial charge in [0.25, 0.3) is 0 Å². The molecule has 1 aliphatic rings. The topological polar surface area (TPSA) is 78.6 Å². The Hall–Kier alpha value is -2.34. The van der Waals surface area contributed by atoms with E-state index in [4.69, 9.17) is 4.52 Å². The van der Waals surface area contributed by atoms with Crippen LogP contribution in [-0.4, -0.2) is 40.4 Å². The number of benzene rings is 1. The standard InChI is InChI=1S/C17H21N3O3/c1-12(21)14-8-5-9-20(11-14)17(22)18-16-10-15(23-19-16)13-6-3-2-4-7-13/h2-4,6-7,10,12,14,21H,5,8-9,11H2,1H3,(H,18,19,22). The zero-order valence-corrected chi connectivity index (χ0v) is 13.1. The maximum atomic E-state index is 12.3. The van der Waals surface area contributed by atoms with Gasteiger partial charge in [0.15, 0.2) is 11.6 Å². The van der Waals surface area contributed by atoms with Gasteiger partial charge < -0.3 is 14.5 Å². The molecule has 23 heavy (non-hydrogen) atoms. The van der Waals surface area contributed by atoms with Crippen molar-refractivity contribution < 1.29 is 14.4 Å². The quantitative estimate of drug-likeness (QED) is 0.912. The van der Waals surface area contributed by atoms with Crippen molar-refractivity contribution >= 4 is 11.8 Å². The van der Waals surface area contributed by atoms with Gasteiger partial charge in [-0.05, 0) is 19.8 Å². The monoisotopic (exact) mass is 315 g/mol. The average Bonchev–Trinajstić information content (AvgIpc) is 3.04. The summed E-state index contributed by atoms with van der Waals surface area (Å²) in [4.78, 5) is 14.1. The molecule has 0 saturated carbocycles. The van der Waals surface area contributed by atoms with Gasteiger partial charge >= 0.3 is 6.03 Å². The number of amides is 2. The Morgan fingerprint density at radius 2 is 2.22 bits per heavy atom. The fourth-order valence-corrected chi connectivity index (χ4v) is 2.85. The van der Waals surface area contributed by atoms with Crippen molar-refractivity contribution in [3.63, 3.8) is 0 Å². The highest BCUT2D eigenvalue weighted by Crippen LogP contribution is 2.23. The van der Waals surface area contributed by atoms with Gasteiger partial charge in [-0.3, -0.25) is 5.32 Å². The third-order valence-corrected chi connectivity index (χ3v) is 4.23. The normalized spacial score (nSPS) is 19.4. The molecule has 6 heteroatoms. The summed E-state index contributed by atoms with van der Waals surface area (Å²) in [6.45, 7) is 3.03. The van der Waals surface area contributed by atoms with Crippen molar-refractivity contribution in [3.05, 3.63) is 36.4 Å². The van der Waals surface area contributed by atoms with Crippen LogP contribution in [0, 0.1) is 5.92 Å². The molecule has 2 amide bonds. The first-order chi connectivity index (χ1) is 11.1. The summed E-state index contributed by atoms with van der Waals surface area (Å²) >= 11 is 0. The summed E-state index contributed by atoms with van der Waals surface area (Å²) in [7, 11) is 0. The Labute approximate surface area is 135 Å². The van der Waals surface area contributed by atoms with Crippen molar-refractivity contribution in [2.24, 2.45) is 5.92 Å². The summed E-state index contributed by atoms with van der Waals surface area (Å²) < 4.78 is 5.28. The lowest BCUT2D eigenvalue weighted by atomic mass is 9.94. The lowest BCUT2D eigenvalue weighted by molar-refractivity contribution is 0.0765. The van der Waals surface area contributed by atoms with Gasteiger partial charge in [0.1, 0.15) is 0 Å². The number of rotatable bonds is 3. The lowest BCUT2D eigenvalue weighted by Crippen LogP contribution is -2.44. The van der Waals surface area contributed by atoms with Crippen LogP contribution < -0.4 is 5.32 Å². The van der Waals surface area contributed by atoms with E-state index in [1.165, 1.54) is 0 Å². The Morgan fingerprint density at radius 3 is 2.96 bits per heavy atom. The van der Waals surface area contributed by atoms with E-state index in [0.717, 1.165) is 18.4 Å². The van der Waals surface area contributed by atoms with Crippen LogP contribution in [0.4, 0.5) is 10.6 Å². The van der Waals surface area contributed by atoms with Gasteiger partial charge in [0, 0.05) is 30.6 Å². The average molecular weight is 315 g/mol. The minimum Gasteiger partial charge on any atom is -0.393 e. The van der Waals surface area contributed by atoms with E-state index in [2.05, 4.69) is 10.5 Å². The van der Waals surface area contributed by atoms with Crippen LogP contribution in [0.25, 0.3) is 11.3 Å². The molecule has 1 aromatic heterocycles. The zero-order chi connectivity index (χ0) is 16.2. The number of nitrogens with zero attached hydrogens (tertiary/aromatic N) is 2. The predicted molar refractivity (Wildman–Crippen MR) is 86.9 cm³/mol. The molecular weight excluding hydrogens is 294 g/mol. The molecule has 2 N–H and O–H groups in total. The fourth-order valence-electron chi connectivity index (χ4n) is 2.85. The summed E-state index contributed by atoms with van der Waals surface area (Å²) in [6.07, 6.45) is 1.45. The molecular formula is C17H21N3O3. The molecule has 2 atom stereocenters. The highest BCUT2D eigenvalue weighted by Gasteiger charge is 2.26. The molecule has 1 aromatic carbocycles. The van der Waals surface area contributed by atoms with Crippen LogP contribution in [0.3, 0.4) is 0 Å². The number of aliphatic hydroxyl groups is 1. The summed E-state index contributed by atoms with van der Waals surface area (Å²) in [5.41, 5.74) is 0.910. The molecule has 2 aromatic rings. The number of carbonyl (C=O) groups is 1. The fraction of sp³-hybridized carbons (Fsp3) is 0.412. The Kier molecular flexibility index (Phi) is 4.62. The predicted octanol–water partition coefficient (Wildman–Crippen LogP) is 2.97. The molecule has 122 valence electrons. The Morgan fingerprint density at radius 1 is 1.43 bits per heavy atom. The maximum Gasteiger partial charge on any atom is 0.323 e. The van der Waals surface area contributed by atoms with Crippen molar-refractivity contribution in [2.45, 2.75) is 25.9 Å². The molecule has 0 spiro atoms. The molecule has 0 radical (unpaired) electrons. The van der Waals surface area contributed by atoms with Crippen LogP contribution in [0.5, 0.6) is 0 Å². The van der Waals surface area contributed by atoms with E-state index in [1.807, 2.05) is 30.3 Å². The summed E-state index contributed by atoms with van der Waals surface area (Å²) in [6, 6.07) is 11.1. The number of hydrogen-bond donors (Lipinski definition) is 2. The first kappa shape index (κ1) is 15.6. The van der Waals surface area contributed by atoms with Gasteiger partial charge in [-0.2, -0.15) is 0 Å². The number of carbonyl (C=O) groups excluding carboxylic acids is 1. The summed E-state index contributed by atoms with van der Waals surface area (Å²) in [5, 5.41) is 16.4. The van der Waals surface area contributed by atoms with Gasteiger partial charge in [-0.15, -0.1) is 0 Å². The molecule has 2 heterocycles. The van der Waals surface area contributed by atoms with Crippen LogP contribution in [-0.2, 0) is 0 Å². The van der Waals surface area contributed by atoms with E-state index in [0.29, 0.717) is 24.7 Å². The second-order valence-electron chi connectivity index (χ2n) is 5.96. The number of nitrogens with one attached hydrogen (secondary N) is 1. The highest BCUT2D eigenvalue weighted by molar-refractivity contribution is 5.88. The number of hydrogen-bond acceptors (Lipinski definition) is 4. The lowest BCUT2D eigenvalue weighted by Gasteiger charge is -2.33. The van der Waals surface area contributed by atoms with Crippen molar-refractivity contribution in [3.8, 4) is 11.3 Å². The number of anilines is 1. The Balaban J connectivity index is 1.63. The molecule has 0 bridgehead atoms. The van der Waals surface area contributed by atoms with Crippen molar-refractivity contribution in [2.75, 3.05) is 18.4 Å². The van der Waals surface area contributed by atoms with E-state index in [-0.39, 0.29) is 11.9 Å². The molecule has 1 fully saturated rings. The molecule has 1 saturated heterocycles. The first-order valence-corrected chi connectivity index (χ1v) is 7.89.